The summed E-state index contributed by atoms with van der Waals surface area (Å²) in [5, 5.41) is 0. The fourth-order valence-corrected chi connectivity index (χ4v) is 2.75. The Morgan fingerprint density at radius 3 is 1.77 bits per heavy atom. The van der Waals surface area contributed by atoms with Crippen LogP contribution >= 0.6 is 0 Å². The van der Waals surface area contributed by atoms with Crippen molar-refractivity contribution in [2.45, 2.75) is 73.1 Å². The Balaban J connectivity index is 0.000000260. The predicted molar refractivity (Wildman–Crippen MR) is 115 cm³/mol. The van der Waals surface area contributed by atoms with Crippen molar-refractivity contribution in [3.8, 4) is 5.75 Å². The number of aryl methyl sites for hydroxylation is 1. The number of rotatable bonds is 8. The first-order chi connectivity index (χ1) is 12.5. The molecule has 2 aromatic carbocycles. The minimum atomic E-state index is 0.649. The maximum atomic E-state index is 5.37. The number of hydrogen-bond donors (Lipinski definition) is 0. The number of benzene rings is 2. The SMILES string of the molecule is CCOc1ccc([C@@H](C)CC)cc1.CCc1ccc(C[C@@H](C)CC)cc1. The zero-order valence-electron chi connectivity index (χ0n) is 17.7. The average Bonchev–Trinajstić information content (AvgIpc) is 2.69. The first-order valence-electron chi connectivity index (χ1n) is 10.3. The van der Waals surface area contributed by atoms with Gasteiger partial charge in [-0.1, -0.05) is 77.4 Å². The van der Waals surface area contributed by atoms with E-state index in [1.165, 1.54) is 36.0 Å². The van der Waals surface area contributed by atoms with Gasteiger partial charge in [-0.05, 0) is 66.8 Å². The zero-order chi connectivity index (χ0) is 19.4. The Morgan fingerprint density at radius 1 is 0.731 bits per heavy atom. The fourth-order valence-electron chi connectivity index (χ4n) is 2.75. The quantitative estimate of drug-likeness (QED) is 0.478. The summed E-state index contributed by atoms with van der Waals surface area (Å²) in [5.74, 6) is 2.43. The van der Waals surface area contributed by atoms with E-state index in [1.54, 1.807) is 0 Å². The normalized spacial score (nSPS) is 12.7. The van der Waals surface area contributed by atoms with Crippen LogP contribution in [0.5, 0.6) is 5.75 Å². The molecule has 0 amide bonds. The highest BCUT2D eigenvalue weighted by Gasteiger charge is 2.02. The molecule has 144 valence electrons. The van der Waals surface area contributed by atoms with Crippen molar-refractivity contribution in [3.05, 3.63) is 65.2 Å². The van der Waals surface area contributed by atoms with Crippen LogP contribution in [-0.2, 0) is 12.8 Å². The summed E-state index contributed by atoms with van der Waals surface area (Å²) in [6.07, 6.45) is 4.83. The van der Waals surface area contributed by atoms with Gasteiger partial charge in [0.2, 0.25) is 0 Å². The smallest absolute Gasteiger partial charge is 0.119 e. The Bertz CT molecular complexity index is 583. The standard InChI is InChI=1S/C13H20.C12H18O/c1-4-11(3)10-13-8-6-12(5-2)7-9-13;1-4-10(3)11-6-8-12(9-7-11)13-5-2/h6-9,11H,4-5,10H2,1-3H3;6-10H,4-5H2,1-3H3/t11-;10-/m00/s1. The summed E-state index contributed by atoms with van der Waals surface area (Å²) < 4.78 is 5.37. The molecule has 0 saturated heterocycles. The number of ether oxygens (including phenoxy) is 1. The molecule has 2 rings (SSSR count). The van der Waals surface area contributed by atoms with Crippen molar-refractivity contribution < 1.29 is 4.74 Å². The monoisotopic (exact) mass is 354 g/mol. The van der Waals surface area contributed by atoms with Gasteiger partial charge in [0.05, 0.1) is 6.61 Å². The van der Waals surface area contributed by atoms with E-state index in [-0.39, 0.29) is 0 Å². The van der Waals surface area contributed by atoms with Crippen LogP contribution in [0.15, 0.2) is 48.5 Å². The highest BCUT2D eigenvalue weighted by Crippen LogP contribution is 2.21. The molecule has 0 bridgehead atoms. The van der Waals surface area contributed by atoms with E-state index in [4.69, 9.17) is 4.74 Å². The summed E-state index contributed by atoms with van der Waals surface area (Å²) in [4.78, 5) is 0. The fraction of sp³-hybridized carbons (Fsp3) is 0.520. The first kappa shape index (κ1) is 22.3. The van der Waals surface area contributed by atoms with Gasteiger partial charge in [-0.2, -0.15) is 0 Å². The summed E-state index contributed by atoms with van der Waals surface area (Å²) in [5.41, 5.74) is 4.31. The van der Waals surface area contributed by atoms with Gasteiger partial charge in [0.15, 0.2) is 0 Å². The summed E-state index contributed by atoms with van der Waals surface area (Å²) in [6, 6.07) is 17.4. The van der Waals surface area contributed by atoms with Crippen molar-refractivity contribution >= 4 is 0 Å². The Labute approximate surface area is 161 Å². The third kappa shape index (κ3) is 8.08. The van der Waals surface area contributed by atoms with E-state index in [1.807, 2.05) is 19.1 Å². The van der Waals surface area contributed by atoms with Crippen LogP contribution < -0.4 is 4.74 Å². The van der Waals surface area contributed by atoms with Gasteiger partial charge in [-0.15, -0.1) is 0 Å². The minimum absolute atomic E-state index is 0.649. The molecule has 0 saturated carbocycles. The van der Waals surface area contributed by atoms with E-state index in [0.717, 1.165) is 24.7 Å². The highest BCUT2D eigenvalue weighted by atomic mass is 16.5. The van der Waals surface area contributed by atoms with Gasteiger partial charge < -0.3 is 4.74 Å². The zero-order valence-corrected chi connectivity index (χ0v) is 17.7. The molecule has 1 nitrogen and oxygen atoms in total. The Morgan fingerprint density at radius 2 is 1.31 bits per heavy atom. The molecule has 0 aliphatic carbocycles. The summed E-state index contributed by atoms with van der Waals surface area (Å²) in [6.45, 7) is 14.0. The lowest BCUT2D eigenvalue weighted by Crippen LogP contribution is -1.97. The maximum absolute atomic E-state index is 5.37. The van der Waals surface area contributed by atoms with Crippen molar-refractivity contribution in [1.29, 1.82) is 0 Å². The lowest BCUT2D eigenvalue weighted by atomic mass is 9.98. The van der Waals surface area contributed by atoms with Gasteiger partial charge in [0.1, 0.15) is 5.75 Å². The molecule has 0 aliphatic rings. The van der Waals surface area contributed by atoms with Crippen LogP contribution in [-0.4, -0.2) is 6.61 Å². The molecule has 26 heavy (non-hydrogen) atoms. The van der Waals surface area contributed by atoms with Gasteiger partial charge in [0.25, 0.3) is 0 Å². The molecule has 0 fully saturated rings. The molecule has 2 atom stereocenters. The Hall–Kier alpha value is -1.76. The van der Waals surface area contributed by atoms with Crippen LogP contribution in [0.2, 0.25) is 0 Å². The second-order valence-corrected chi connectivity index (χ2v) is 7.20. The molecule has 2 aromatic rings. The topological polar surface area (TPSA) is 9.23 Å². The van der Waals surface area contributed by atoms with Gasteiger partial charge in [-0.3, -0.25) is 0 Å². The van der Waals surface area contributed by atoms with Crippen LogP contribution in [0.1, 0.15) is 77.0 Å². The first-order valence-corrected chi connectivity index (χ1v) is 10.3. The molecule has 0 N–H and O–H groups in total. The largest absolute Gasteiger partial charge is 0.494 e. The minimum Gasteiger partial charge on any atom is -0.494 e. The lowest BCUT2D eigenvalue weighted by Gasteiger charge is -2.09. The molecular formula is C25H38O. The van der Waals surface area contributed by atoms with Crippen molar-refractivity contribution in [2.24, 2.45) is 5.92 Å². The summed E-state index contributed by atoms with van der Waals surface area (Å²) in [7, 11) is 0. The summed E-state index contributed by atoms with van der Waals surface area (Å²) >= 11 is 0. The predicted octanol–water partition coefficient (Wildman–Crippen LogP) is 7.44. The van der Waals surface area contributed by atoms with Crippen LogP contribution in [0.4, 0.5) is 0 Å². The van der Waals surface area contributed by atoms with Crippen LogP contribution in [0, 0.1) is 5.92 Å². The van der Waals surface area contributed by atoms with Crippen molar-refractivity contribution in [2.75, 3.05) is 6.61 Å². The van der Waals surface area contributed by atoms with Crippen LogP contribution in [0.25, 0.3) is 0 Å². The van der Waals surface area contributed by atoms with E-state index >= 15 is 0 Å². The molecule has 0 unspecified atom stereocenters. The second-order valence-electron chi connectivity index (χ2n) is 7.20. The van der Waals surface area contributed by atoms with Crippen LogP contribution in [0.3, 0.4) is 0 Å². The van der Waals surface area contributed by atoms with Crippen molar-refractivity contribution in [3.63, 3.8) is 0 Å². The molecule has 0 radical (unpaired) electrons. The Kier molecular flexibility index (Phi) is 10.8. The van der Waals surface area contributed by atoms with Crippen molar-refractivity contribution in [1.82, 2.24) is 0 Å². The van der Waals surface area contributed by atoms with E-state index < -0.39 is 0 Å². The highest BCUT2D eigenvalue weighted by molar-refractivity contribution is 5.29. The molecule has 0 aromatic heterocycles. The number of hydrogen-bond acceptors (Lipinski definition) is 1. The third-order valence-corrected chi connectivity index (χ3v) is 5.08. The van der Waals surface area contributed by atoms with Gasteiger partial charge >= 0.3 is 0 Å². The second kappa shape index (κ2) is 12.6. The van der Waals surface area contributed by atoms with Gasteiger partial charge in [0, 0.05) is 0 Å². The molecular weight excluding hydrogens is 316 g/mol. The van der Waals surface area contributed by atoms with E-state index in [0.29, 0.717) is 5.92 Å². The molecule has 0 heterocycles. The third-order valence-electron chi connectivity index (χ3n) is 5.08. The van der Waals surface area contributed by atoms with E-state index in [9.17, 15) is 0 Å². The average molecular weight is 355 g/mol. The van der Waals surface area contributed by atoms with E-state index in [2.05, 4.69) is 71.0 Å². The maximum Gasteiger partial charge on any atom is 0.119 e. The lowest BCUT2D eigenvalue weighted by molar-refractivity contribution is 0.340. The molecule has 0 spiro atoms. The molecule has 1 heteroatoms. The molecule has 0 aliphatic heterocycles. The van der Waals surface area contributed by atoms with Gasteiger partial charge in [-0.25, -0.2) is 0 Å².